The average molecular weight is 200 g/mol. The number of hydrogen-bond acceptors (Lipinski definition) is 2. The summed E-state index contributed by atoms with van der Waals surface area (Å²) in [6.45, 7) is 6.63. The largest absolute Gasteiger partial charge is 0.367 e. The molecular formula is C10H14F2N2. The molecule has 0 spiro atoms. The Hall–Kier alpha value is -1.19. The summed E-state index contributed by atoms with van der Waals surface area (Å²) in [6.07, 6.45) is 0.994. The van der Waals surface area contributed by atoms with Crippen molar-refractivity contribution in [1.82, 2.24) is 4.98 Å². The predicted molar refractivity (Wildman–Crippen MR) is 52.1 cm³/mol. The van der Waals surface area contributed by atoms with E-state index in [0.717, 1.165) is 12.3 Å². The number of hydrogen-bond donors (Lipinski definition) is 1. The van der Waals surface area contributed by atoms with Crippen LogP contribution in [0.1, 0.15) is 20.8 Å². The van der Waals surface area contributed by atoms with Gasteiger partial charge in [-0.2, -0.15) is 0 Å². The molecule has 0 atom stereocenters. The molecule has 1 N–H and O–H groups in total. The van der Waals surface area contributed by atoms with Gasteiger partial charge in [0, 0.05) is 12.6 Å². The van der Waals surface area contributed by atoms with Crippen molar-refractivity contribution in [2.75, 3.05) is 11.9 Å². The minimum Gasteiger partial charge on any atom is -0.367 e. The summed E-state index contributed by atoms with van der Waals surface area (Å²) >= 11 is 0. The summed E-state index contributed by atoms with van der Waals surface area (Å²) in [5, 5.41) is 2.83. The molecule has 0 bridgehead atoms. The second-order valence-corrected chi connectivity index (χ2v) is 4.40. The fourth-order valence-corrected chi connectivity index (χ4v) is 0.894. The van der Waals surface area contributed by atoms with E-state index < -0.39 is 11.6 Å². The van der Waals surface area contributed by atoms with Crippen molar-refractivity contribution < 1.29 is 8.78 Å². The van der Waals surface area contributed by atoms with E-state index in [1.165, 1.54) is 0 Å². The molecule has 0 fully saturated rings. The summed E-state index contributed by atoms with van der Waals surface area (Å²) in [6, 6.07) is 0.817. The van der Waals surface area contributed by atoms with Crippen LogP contribution in [0.3, 0.4) is 0 Å². The van der Waals surface area contributed by atoms with E-state index in [1.807, 2.05) is 20.8 Å². The fourth-order valence-electron chi connectivity index (χ4n) is 0.894. The van der Waals surface area contributed by atoms with Crippen LogP contribution < -0.4 is 5.32 Å². The van der Waals surface area contributed by atoms with Gasteiger partial charge in [-0.1, -0.05) is 20.8 Å². The molecule has 0 aliphatic rings. The Morgan fingerprint density at radius 1 is 1.36 bits per heavy atom. The molecule has 0 aromatic carbocycles. The third kappa shape index (κ3) is 3.28. The number of halogens is 2. The molecule has 14 heavy (non-hydrogen) atoms. The minimum atomic E-state index is -0.663. The molecule has 1 rings (SSSR count). The molecule has 4 heteroatoms. The lowest BCUT2D eigenvalue weighted by molar-refractivity contribution is 0.441. The second-order valence-electron chi connectivity index (χ2n) is 4.40. The van der Waals surface area contributed by atoms with Gasteiger partial charge in [0.1, 0.15) is 5.82 Å². The van der Waals surface area contributed by atoms with Gasteiger partial charge in [-0.15, -0.1) is 0 Å². The van der Waals surface area contributed by atoms with Crippen LogP contribution in [0.25, 0.3) is 0 Å². The van der Waals surface area contributed by atoms with Crippen LogP contribution in [0.5, 0.6) is 0 Å². The van der Waals surface area contributed by atoms with Crippen molar-refractivity contribution in [3.05, 3.63) is 23.9 Å². The van der Waals surface area contributed by atoms with Gasteiger partial charge in [-0.25, -0.2) is 13.8 Å². The van der Waals surface area contributed by atoms with Crippen molar-refractivity contribution in [1.29, 1.82) is 0 Å². The van der Waals surface area contributed by atoms with Crippen molar-refractivity contribution in [2.24, 2.45) is 5.41 Å². The number of pyridine rings is 1. The molecule has 2 nitrogen and oxygen atoms in total. The van der Waals surface area contributed by atoms with Crippen LogP contribution in [-0.4, -0.2) is 11.5 Å². The highest BCUT2D eigenvalue weighted by molar-refractivity contribution is 5.35. The number of anilines is 1. The van der Waals surface area contributed by atoms with E-state index in [0.29, 0.717) is 6.54 Å². The lowest BCUT2D eigenvalue weighted by Crippen LogP contribution is -2.20. The molecule has 0 unspecified atom stereocenters. The molecule has 0 radical (unpaired) electrons. The smallest absolute Gasteiger partial charge is 0.168 e. The maximum Gasteiger partial charge on any atom is 0.168 e. The Balaban J connectivity index is 2.68. The second kappa shape index (κ2) is 3.90. The van der Waals surface area contributed by atoms with Crippen molar-refractivity contribution in [2.45, 2.75) is 20.8 Å². The number of nitrogens with one attached hydrogen (secondary N) is 1. The van der Waals surface area contributed by atoms with Crippen LogP contribution in [0, 0.1) is 17.0 Å². The summed E-state index contributed by atoms with van der Waals surface area (Å²) in [7, 11) is 0. The van der Waals surface area contributed by atoms with E-state index in [9.17, 15) is 8.78 Å². The Labute approximate surface area is 82.4 Å². The van der Waals surface area contributed by atoms with Crippen LogP contribution in [0.4, 0.5) is 14.6 Å². The molecule has 78 valence electrons. The summed E-state index contributed by atoms with van der Waals surface area (Å²) in [4.78, 5) is 3.62. The van der Waals surface area contributed by atoms with Gasteiger partial charge in [-0.3, -0.25) is 0 Å². The van der Waals surface area contributed by atoms with Gasteiger partial charge in [-0.05, 0) is 5.41 Å². The highest BCUT2D eigenvalue weighted by Gasteiger charge is 2.12. The first kappa shape index (κ1) is 10.9. The average Bonchev–Trinajstić information content (AvgIpc) is 2.00. The monoisotopic (exact) mass is 200 g/mol. The van der Waals surface area contributed by atoms with Gasteiger partial charge in [0.2, 0.25) is 0 Å². The van der Waals surface area contributed by atoms with E-state index >= 15 is 0 Å². The maximum atomic E-state index is 13.1. The topological polar surface area (TPSA) is 24.9 Å². The van der Waals surface area contributed by atoms with Gasteiger partial charge in [0.05, 0.1) is 6.20 Å². The van der Waals surface area contributed by atoms with E-state index in [-0.39, 0.29) is 11.2 Å². The SMILES string of the molecule is CC(C)(C)CNc1ncc(F)cc1F. The highest BCUT2D eigenvalue weighted by atomic mass is 19.1. The Kier molecular flexibility index (Phi) is 3.03. The zero-order valence-electron chi connectivity index (χ0n) is 8.56. The first-order valence-corrected chi connectivity index (χ1v) is 4.43. The van der Waals surface area contributed by atoms with Crippen LogP contribution in [0.15, 0.2) is 12.3 Å². The van der Waals surface area contributed by atoms with Gasteiger partial charge < -0.3 is 5.32 Å². The van der Waals surface area contributed by atoms with Crippen molar-refractivity contribution >= 4 is 5.82 Å². The van der Waals surface area contributed by atoms with Crippen molar-refractivity contribution in [3.63, 3.8) is 0 Å². The number of aromatic nitrogens is 1. The molecular weight excluding hydrogens is 186 g/mol. The third-order valence-corrected chi connectivity index (χ3v) is 1.59. The minimum absolute atomic E-state index is 0.0303. The van der Waals surface area contributed by atoms with Crippen LogP contribution in [-0.2, 0) is 0 Å². The lowest BCUT2D eigenvalue weighted by atomic mass is 9.97. The van der Waals surface area contributed by atoms with E-state index in [4.69, 9.17) is 0 Å². The molecule has 1 aromatic rings. The zero-order valence-corrected chi connectivity index (χ0v) is 8.56. The van der Waals surface area contributed by atoms with Gasteiger partial charge in [0.25, 0.3) is 0 Å². The Morgan fingerprint density at radius 2 is 2.00 bits per heavy atom. The highest BCUT2D eigenvalue weighted by Crippen LogP contribution is 2.16. The molecule has 0 aliphatic carbocycles. The molecule has 0 amide bonds. The first-order chi connectivity index (χ1) is 6.38. The van der Waals surface area contributed by atoms with E-state index in [1.54, 1.807) is 0 Å². The maximum absolute atomic E-state index is 13.1. The molecule has 0 saturated carbocycles. The predicted octanol–water partition coefficient (Wildman–Crippen LogP) is 2.82. The normalized spacial score (nSPS) is 11.5. The summed E-state index contributed by atoms with van der Waals surface area (Å²) < 4.78 is 25.6. The van der Waals surface area contributed by atoms with Gasteiger partial charge >= 0.3 is 0 Å². The molecule has 0 saturated heterocycles. The third-order valence-electron chi connectivity index (χ3n) is 1.59. The lowest BCUT2D eigenvalue weighted by Gasteiger charge is -2.19. The molecule has 1 aromatic heterocycles. The van der Waals surface area contributed by atoms with E-state index in [2.05, 4.69) is 10.3 Å². The first-order valence-electron chi connectivity index (χ1n) is 4.43. The quantitative estimate of drug-likeness (QED) is 0.794. The zero-order chi connectivity index (χ0) is 10.8. The van der Waals surface area contributed by atoms with Crippen LogP contribution >= 0.6 is 0 Å². The Bertz CT molecular complexity index is 318. The molecule has 1 heterocycles. The standard InChI is InChI=1S/C10H14F2N2/c1-10(2,3)6-14-9-8(12)4-7(11)5-13-9/h4-5H,6H2,1-3H3,(H,13,14). The molecule has 0 aliphatic heterocycles. The number of nitrogens with zero attached hydrogens (tertiary/aromatic N) is 1. The van der Waals surface area contributed by atoms with Gasteiger partial charge in [0.15, 0.2) is 11.6 Å². The van der Waals surface area contributed by atoms with Crippen molar-refractivity contribution in [3.8, 4) is 0 Å². The Morgan fingerprint density at radius 3 is 2.50 bits per heavy atom. The fraction of sp³-hybridized carbons (Fsp3) is 0.500. The summed E-state index contributed by atoms with van der Waals surface area (Å²) in [5.41, 5.74) is 0.0303. The van der Waals surface area contributed by atoms with Crippen LogP contribution in [0.2, 0.25) is 0 Å². The number of rotatable bonds is 2. The summed E-state index contributed by atoms with van der Waals surface area (Å²) in [5.74, 6) is -1.22.